The van der Waals surface area contributed by atoms with Crippen molar-refractivity contribution in [2.45, 2.75) is 51.5 Å². The van der Waals surface area contributed by atoms with E-state index in [2.05, 4.69) is 17.2 Å². The van der Waals surface area contributed by atoms with E-state index in [1.165, 1.54) is 12.8 Å². The minimum atomic E-state index is -0.835. The van der Waals surface area contributed by atoms with Crippen LogP contribution in [0.2, 0.25) is 0 Å². The van der Waals surface area contributed by atoms with Gasteiger partial charge in [0.1, 0.15) is 17.5 Å². The van der Waals surface area contributed by atoms with Gasteiger partial charge >= 0.3 is 5.69 Å². The van der Waals surface area contributed by atoms with E-state index in [1.54, 1.807) is 0 Å². The number of benzene rings is 1. The summed E-state index contributed by atoms with van der Waals surface area (Å²) in [6.07, 6.45) is 6.06. The second-order valence-corrected chi connectivity index (χ2v) is 7.86. The number of hydrogen-bond donors (Lipinski definition) is 2. The number of aromatic nitrogens is 2. The molecule has 1 aromatic carbocycles. The lowest BCUT2D eigenvalue weighted by Crippen LogP contribution is -2.43. The maximum Gasteiger partial charge on any atom is 0.334 e. The number of H-pyrrole nitrogens is 1. The van der Waals surface area contributed by atoms with Gasteiger partial charge in [-0.05, 0) is 49.7 Å². The first kappa shape index (κ1) is 17.9. The zero-order valence-corrected chi connectivity index (χ0v) is 15.2. The predicted molar refractivity (Wildman–Crippen MR) is 99.4 cm³/mol. The van der Waals surface area contributed by atoms with Crippen LogP contribution in [0.25, 0.3) is 5.69 Å². The Balaban J connectivity index is 1.67. The number of nitrogens with zero attached hydrogens (tertiary/aromatic N) is 1. The molecule has 0 bridgehead atoms. The Morgan fingerprint density at radius 1 is 1.00 bits per heavy atom. The summed E-state index contributed by atoms with van der Waals surface area (Å²) in [5, 5.41) is 3.35. The van der Waals surface area contributed by atoms with Crippen molar-refractivity contribution in [2.24, 2.45) is 11.8 Å². The highest BCUT2D eigenvalue weighted by Crippen LogP contribution is 2.34. The van der Waals surface area contributed by atoms with E-state index < -0.39 is 22.9 Å². The number of hydrogen-bond acceptors (Lipinski definition) is 3. The highest BCUT2D eigenvalue weighted by atomic mass is 19.1. The van der Waals surface area contributed by atoms with Crippen molar-refractivity contribution in [3.05, 3.63) is 56.2 Å². The van der Waals surface area contributed by atoms with Gasteiger partial charge in [-0.25, -0.2) is 18.1 Å². The third-order valence-electron chi connectivity index (χ3n) is 5.97. The van der Waals surface area contributed by atoms with Gasteiger partial charge in [-0.1, -0.05) is 19.8 Å². The van der Waals surface area contributed by atoms with E-state index in [0.29, 0.717) is 29.8 Å². The van der Waals surface area contributed by atoms with Crippen molar-refractivity contribution in [3.8, 4) is 5.69 Å². The van der Waals surface area contributed by atoms with E-state index in [9.17, 15) is 18.4 Å². The Labute approximate surface area is 155 Å². The molecular weight excluding hydrogens is 352 g/mol. The average Bonchev–Trinajstić information content (AvgIpc) is 2.61. The maximum atomic E-state index is 13.5. The van der Waals surface area contributed by atoms with Crippen molar-refractivity contribution in [3.63, 3.8) is 0 Å². The van der Waals surface area contributed by atoms with Gasteiger partial charge in [0.25, 0.3) is 5.56 Å². The molecule has 2 aromatic rings. The summed E-state index contributed by atoms with van der Waals surface area (Å²) in [6.45, 7) is 2.27. The first-order valence-electron chi connectivity index (χ1n) is 9.53. The summed E-state index contributed by atoms with van der Waals surface area (Å²) in [5.74, 6) is 0.0823. The molecule has 0 unspecified atom stereocenters. The van der Waals surface area contributed by atoms with Crippen molar-refractivity contribution < 1.29 is 8.78 Å². The van der Waals surface area contributed by atoms with E-state index in [4.69, 9.17) is 0 Å². The van der Waals surface area contributed by atoms with Crippen molar-refractivity contribution >= 4 is 5.82 Å². The largest absolute Gasteiger partial charge is 0.368 e. The first-order valence-corrected chi connectivity index (χ1v) is 9.53. The van der Waals surface area contributed by atoms with Crippen LogP contribution in [0.1, 0.15) is 44.6 Å². The molecule has 1 fully saturated rings. The van der Waals surface area contributed by atoms with Crippen LogP contribution < -0.4 is 16.6 Å². The summed E-state index contributed by atoms with van der Waals surface area (Å²) in [7, 11) is 0. The predicted octanol–water partition coefficient (Wildman–Crippen LogP) is 3.36. The first-order chi connectivity index (χ1) is 12.9. The van der Waals surface area contributed by atoms with Gasteiger partial charge in [-0.15, -0.1) is 0 Å². The molecule has 2 heterocycles. The van der Waals surface area contributed by atoms with Gasteiger partial charge in [-0.3, -0.25) is 9.78 Å². The quantitative estimate of drug-likeness (QED) is 0.846. The number of halogens is 2. The normalized spacial score (nSPS) is 24.9. The van der Waals surface area contributed by atoms with Gasteiger partial charge in [-0.2, -0.15) is 0 Å². The molecule has 1 atom stereocenters. The van der Waals surface area contributed by atoms with Crippen LogP contribution >= 0.6 is 0 Å². The SMILES string of the molecule is CC1CCC([C@H]2CCc3c([nH]c(=O)n(-c4cc(F)cc(F)c4)c3=O)N2)CC1. The molecule has 0 saturated heterocycles. The molecule has 2 N–H and O–H groups in total. The minimum absolute atomic E-state index is 0.107. The topological polar surface area (TPSA) is 66.9 Å². The number of rotatable bonds is 2. The number of fused-ring (bicyclic) bond motifs is 1. The van der Waals surface area contributed by atoms with Gasteiger partial charge in [0.05, 0.1) is 11.3 Å². The molecule has 1 aliphatic heterocycles. The van der Waals surface area contributed by atoms with Crippen LogP contribution in [0.5, 0.6) is 0 Å². The zero-order chi connectivity index (χ0) is 19.1. The summed E-state index contributed by atoms with van der Waals surface area (Å²) < 4.78 is 27.8. The standard InChI is InChI=1S/C20H23F2N3O2/c1-11-2-4-12(5-3-11)17-7-6-16-18(23-17)24-20(27)25(19(16)26)15-9-13(21)8-14(22)10-15/h8-12,17,23H,2-7H2,1H3,(H,24,27)/t11?,12?,17-/m1/s1. The van der Waals surface area contributed by atoms with Crippen LogP contribution in [0.3, 0.4) is 0 Å². The number of anilines is 1. The Kier molecular flexibility index (Phi) is 4.61. The average molecular weight is 375 g/mol. The lowest BCUT2D eigenvalue weighted by molar-refractivity contribution is 0.255. The fourth-order valence-electron chi connectivity index (χ4n) is 4.43. The molecule has 5 nitrogen and oxygen atoms in total. The molecule has 0 amide bonds. The Bertz CT molecular complexity index is 954. The molecule has 0 spiro atoms. The van der Waals surface area contributed by atoms with Crippen LogP contribution in [-0.4, -0.2) is 15.6 Å². The maximum absolute atomic E-state index is 13.5. The smallest absolute Gasteiger partial charge is 0.334 e. The van der Waals surface area contributed by atoms with Gasteiger partial charge in [0, 0.05) is 12.1 Å². The molecule has 27 heavy (non-hydrogen) atoms. The Morgan fingerprint density at radius 3 is 2.33 bits per heavy atom. The van der Waals surface area contributed by atoms with Crippen molar-refractivity contribution in [2.75, 3.05) is 5.32 Å². The molecule has 144 valence electrons. The summed E-state index contributed by atoms with van der Waals surface area (Å²) in [5.41, 5.74) is -0.874. The monoisotopic (exact) mass is 375 g/mol. The second-order valence-electron chi connectivity index (χ2n) is 7.86. The molecule has 1 saturated carbocycles. The molecule has 0 radical (unpaired) electrons. The Morgan fingerprint density at radius 2 is 1.67 bits per heavy atom. The molecule has 4 rings (SSSR count). The van der Waals surface area contributed by atoms with Crippen molar-refractivity contribution in [1.29, 1.82) is 0 Å². The highest BCUT2D eigenvalue weighted by Gasteiger charge is 2.31. The fourth-order valence-corrected chi connectivity index (χ4v) is 4.43. The molecule has 1 aliphatic carbocycles. The third kappa shape index (κ3) is 3.42. The lowest BCUT2D eigenvalue weighted by Gasteiger charge is -2.36. The molecule has 7 heteroatoms. The van der Waals surface area contributed by atoms with E-state index in [-0.39, 0.29) is 11.7 Å². The Hall–Kier alpha value is -2.44. The van der Waals surface area contributed by atoms with E-state index in [0.717, 1.165) is 41.9 Å². The van der Waals surface area contributed by atoms with Crippen LogP contribution in [0.15, 0.2) is 27.8 Å². The van der Waals surface area contributed by atoms with Gasteiger partial charge in [0.2, 0.25) is 0 Å². The fraction of sp³-hybridized carbons (Fsp3) is 0.500. The highest BCUT2D eigenvalue weighted by molar-refractivity contribution is 5.48. The molecule has 2 aliphatic rings. The minimum Gasteiger partial charge on any atom is -0.368 e. The number of nitrogens with one attached hydrogen (secondary N) is 2. The summed E-state index contributed by atoms with van der Waals surface area (Å²) in [6, 6.07) is 2.91. The number of aromatic amines is 1. The third-order valence-corrected chi connectivity index (χ3v) is 5.97. The summed E-state index contributed by atoms with van der Waals surface area (Å²) >= 11 is 0. The molecule has 1 aromatic heterocycles. The van der Waals surface area contributed by atoms with E-state index >= 15 is 0 Å². The second kappa shape index (κ2) is 6.94. The van der Waals surface area contributed by atoms with Gasteiger partial charge < -0.3 is 5.32 Å². The zero-order valence-electron chi connectivity index (χ0n) is 15.2. The van der Waals surface area contributed by atoms with Crippen LogP contribution in [0, 0.1) is 23.5 Å². The van der Waals surface area contributed by atoms with Crippen LogP contribution in [0.4, 0.5) is 14.6 Å². The van der Waals surface area contributed by atoms with Crippen LogP contribution in [-0.2, 0) is 6.42 Å². The molecular formula is C20H23F2N3O2. The van der Waals surface area contributed by atoms with Crippen molar-refractivity contribution in [1.82, 2.24) is 9.55 Å². The lowest BCUT2D eigenvalue weighted by atomic mass is 9.77. The van der Waals surface area contributed by atoms with Gasteiger partial charge in [0.15, 0.2) is 0 Å². The van der Waals surface area contributed by atoms with E-state index in [1.807, 2.05) is 0 Å². The summed E-state index contributed by atoms with van der Waals surface area (Å²) in [4.78, 5) is 28.0.